The van der Waals surface area contributed by atoms with Gasteiger partial charge in [-0.25, -0.2) is 9.97 Å². The molecule has 9 heteroatoms. The molecular formula is C18H16N6OS2. The molecule has 1 N–H and O–H groups in total. The van der Waals surface area contributed by atoms with Gasteiger partial charge in [0.25, 0.3) is 0 Å². The highest BCUT2D eigenvalue weighted by atomic mass is 32.2. The van der Waals surface area contributed by atoms with E-state index in [1.807, 2.05) is 38.1 Å². The number of aromatic nitrogens is 5. The van der Waals surface area contributed by atoms with Gasteiger partial charge in [-0.3, -0.25) is 4.98 Å². The lowest BCUT2D eigenvalue weighted by molar-refractivity contribution is 0.518. The molecule has 7 nitrogen and oxygen atoms in total. The lowest BCUT2D eigenvalue weighted by Gasteiger charge is -2.08. The third kappa shape index (κ3) is 4.15. The first kappa shape index (κ1) is 17.6. The van der Waals surface area contributed by atoms with Crippen LogP contribution >= 0.6 is 23.1 Å². The van der Waals surface area contributed by atoms with E-state index < -0.39 is 0 Å². The molecule has 0 saturated carbocycles. The summed E-state index contributed by atoms with van der Waals surface area (Å²) < 4.78 is 6.12. The van der Waals surface area contributed by atoms with E-state index in [9.17, 15) is 0 Å². The summed E-state index contributed by atoms with van der Waals surface area (Å²) in [6, 6.07) is 7.60. The van der Waals surface area contributed by atoms with Crippen molar-refractivity contribution >= 4 is 28.2 Å². The Bertz CT molecular complexity index is 1030. The van der Waals surface area contributed by atoms with Crippen LogP contribution in [0.4, 0.5) is 5.13 Å². The third-order valence-electron chi connectivity index (χ3n) is 3.85. The summed E-state index contributed by atoms with van der Waals surface area (Å²) in [4.78, 5) is 13.4. The van der Waals surface area contributed by atoms with Crippen LogP contribution in [0.3, 0.4) is 0 Å². The molecule has 4 rings (SSSR count). The van der Waals surface area contributed by atoms with Crippen molar-refractivity contribution in [3.63, 3.8) is 0 Å². The normalized spacial score (nSPS) is 10.9. The van der Waals surface area contributed by atoms with Gasteiger partial charge in [-0.1, -0.05) is 11.3 Å². The smallest absolute Gasteiger partial charge is 0.206 e. The Labute approximate surface area is 164 Å². The quantitative estimate of drug-likeness (QED) is 0.481. The van der Waals surface area contributed by atoms with E-state index in [0.717, 1.165) is 37.1 Å². The van der Waals surface area contributed by atoms with Gasteiger partial charge >= 0.3 is 0 Å². The molecule has 4 heterocycles. The zero-order valence-electron chi connectivity index (χ0n) is 14.7. The minimum atomic E-state index is 0.573. The standard InChI is InChI=1S/C18H16N6OS2/c1-11-12(2)21-15(13-5-3-7-19-9-13)22-16(11)26-18-24-23-17(27-18)20-10-14-6-4-8-25-14/h3-9H,10H2,1-2H3,(H,20,23). The van der Waals surface area contributed by atoms with Crippen molar-refractivity contribution in [2.45, 2.75) is 29.8 Å². The zero-order valence-corrected chi connectivity index (χ0v) is 16.3. The Morgan fingerprint density at radius 1 is 1.15 bits per heavy atom. The first-order valence-corrected chi connectivity index (χ1v) is 9.85. The minimum Gasteiger partial charge on any atom is -0.467 e. The molecule has 0 spiro atoms. The van der Waals surface area contributed by atoms with Crippen molar-refractivity contribution in [3.05, 3.63) is 59.9 Å². The van der Waals surface area contributed by atoms with Crippen LogP contribution in [0, 0.1) is 13.8 Å². The summed E-state index contributed by atoms with van der Waals surface area (Å²) in [5.74, 6) is 1.51. The van der Waals surface area contributed by atoms with Gasteiger partial charge in [0, 0.05) is 29.2 Å². The van der Waals surface area contributed by atoms with Crippen LogP contribution in [0.5, 0.6) is 0 Å². The molecule has 0 saturated heterocycles. The fourth-order valence-corrected chi connectivity index (χ4v) is 4.10. The van der Waals surface area contributed by atoms with Gasteiger partial charge in [0.05, 0.1) is 12.8 Å². The SMILES string of the molecule is Cc1nc(-c2cccnc2)nc(Sc2nnc(NCc3ccco3)s2)c1C. The second-order valence-electron chi connectivity index (χ2n) is 5.71. The Morgan fingerprint density at radius 2 is 2.07 bits per heavy atom. The maximum absolute atomic E-state index is 5.31. The molecule has 0 aliphatic carbocycles. The molecule has 0 aliphatic heterocycles. The molecule has 136 valence electrons. The summed E-state index contributed by atoms with van der Waals surface area (Å²) in [6.45, 7) is 4.57. The molecule has 0 aromatic carbocycles. The van der Waals surface area contributed by atoms with E-state index in [1.54, 1.807) is 18.7 Å². The summed E-state index contributed by atoms with van der Waals surface area (Å²) in [5.41, 5.74) is 2.86. The van der Waals surface area contributed by atoms with Gasteiger partial charge in [-0.2, -0.15) is 0 Å². The maximum Gasteiger partial charge on any atom is 0.206 e. The number of aryl methyl sites for hydroxylation is 1. The molecular weight excluding hydrogens is 380 g/mol. The first-order chi connectivity index (χ1) is 13.2. The highest BCUT2D eigenvalue weighted by molar-refractivity contribution is 8.01. The first-order valence-electron chi connectivity index (χ1n) is 8.22. The Balaban J connectivity index is 1.53. The number of pyridine rings is 1. The Morgan fingerprint density at radius 3 is 2.85 bits per heavy atom. The predicted octanol–water partition coefficient (Wildman–Crippen LogP) is 4.36. The van der Waals surface area contributed by atoms with E-state index in [-0.39, 0.29) is 0 Å². The number of rotatable bonds is 6. The molecule has 0 bridgehead atoms. The van der Waals surface area contributed by atoms with E-state index in [4.69, 9.17) is 9.40 Å². The molecule has 0 fully saturated rings. The molecule has 27 heavy (non-hydrogen) atoms. The molecule has 0 amide bonds. The number of nitrogens with one attached hydrogen (secondary N) is 1. The predicted molar refractivity (Wildman–Crippen MR) is 105 cm³/mol. The van der Waals surface area contributed by atoms with Crippen LogP contribution in [0.15, 0.2) is 56.7 Å². The van der Waals surface area contributed by atoms with Crippen LogP contribution in [0.1, 0.15) is 17.0 Å². The highest BCUT2D eigenvalue weighted by Crippen LogP contribution is 2.34. The van der Waals surface area contributed by atoms with Crippen LogP contribution < -0.4 is 5.32 Å². The zero-order chi connectivity index (χ0) is 18.6. The molecule has 4 aromatic heterocycles. The topological polar surface area (TPSA) is 89.6 Å². The van der Waals surface area contributed by atoms with Gasteiger partial charge in [0.1, 0.15) is 10.8 Å². The summed E-state index contributed by atoms with van der Waals surface area (Å²) in [5, 5.41) is 13.3. The van der Waals surface area contributed by atoms with Crippen LogP contribution in [-0.4, -0.2) is 25.1 Å². The molecule has 4 aromatic rings. The average molecular weight is 397 g/mol. The van der Waals surface area contributed by atoms with Crippen molar-refractivity contribution in [2.75, 3.05) is 5.32 Å². The second-order valence-corrected chi connectivity index (χ2v) is 7.93. The molecule has 0 aliphatic rings. The van der Waals surface area contributed by atoms with Crippen LogP contribution in [-0.2, 0) is 6.54 Å². The largest absolute Gasteiger partial charge is 0.467 e. The van der Waals surface area contributed by atoms with Crippen molar-refractivity contribution in [1.82, 2.24) is 25.1 Å². The van der Waals surface area contributed by atoms with E-state index >= 15 is 0 Å². The minimum absolute atomic E-state index is 0.573. The van der Waals surface area contributed by atoms with Gasteiger partial charge in [-0.05, 0) is 49.9 Å². The number of anilines is 1. The van der Waals surface area contributed by atoms with Gasteiger partial charge in [-0.15, -0.1) is 10.2 Å². The van der Waals surface area contributed by atoms with Crippen molar-refractivity contribution in [1.29, 1.82) is 0 Å². The summed E-state index contributed by atoms with van der Waals surface area (Å²) >= 11 is 2.97. The Kier molecular flexibility index (Phi) is 5.12. The lowest BCUT2D eigenvalue weighted by Crippen LogP contribution is -1.98. The van der Waals surface area contributed by atoms with Gasteiger partial charge in [0.2, 0.25) is 5.13 Å². The maximum atomic E-state index is 5.31. The Hall–Kier alpha value is -2.78. The van der Waals surface area contributed by atoms with E-state index in [1.165, 1.54) is 23.1 Å². The van der Waals surface area contributed by atoms with Crippen molar-refractivity contribution in [2.24, 2.45) is 0 Å². The second kappa shape index (κ2) is 7.85. The fraction of sp³-hybridized carbons (Fsp3) is 0.167. The van der Waals surface area contributed by atoms with Crippen molar-refractivity contribution < 1.29 is 4.42 Å². The fourth-order valence-electron chi connectivity index (χ4n) is 2.31. The number of furan rings is 1. The summed E-state index contributed by atoms with van der Waals surface area (Å²) in [7, 11) is 0. The lowest BCUT2D eigenvalue weighted by atomic mass is 10.2. The van der Waals surface area contributed by atoms with Crippen LogP contribution in [0.2, 0.25) is 0 Å². The molecule has 0 radical (unpaired) electrons. The average Bonchev–Trinajstić information content (AvgIpc) is 3.36. The van der Waals surface area contributed by atoms with Gasteiger partial charge in [0.15, 0.2) is 10.2 Å². The van der Waals surface area contributed by atoms with Gasteiger partial charge < -0.3 is 9.73 Å². The number of nitrogens with zero attached hydrogens (tertiary/aromatic N) is 5. The van der Waals surface area contributed by atoms with E-state index in [0.29, 0.717) is 12.4 Å². The number of hydrogen-bond acceptors (Lipinski definition) is 9. The third-order valence-corrected chi connectivity index (χ3v) is 5.87. The van der Waals surface area contributed by atoms with Crippen molar-refractivity contribution in [3.8, 4) is 11.4 Å². The number of hydrogen-bond donors (Lipinski definition) is 1. The molecule has 0 atom stereocenters. The monoisotopic (exact) mass is 396 g/mol. The molecule has 0 unspecified atom stereocenters. The van der Waals surface area contributed by atoms with E-state index in [2.05, 4.69) is 25.5 Å². The summed E-state index contributed by atoms with van der Waals surface area (Å²) in [6.07, 6.45) is 5.15. The highest BCUT2D eigenvalue weighted by Gasteiger charge is 2.14. The van der Waals surface area contributed by atoms with Crippen LogP contribution in [0.25, 0.3) is 11.4 Å².